The van der Waals surface area contributed by atoms with Gasteiger partial charge in [-0.1, -0.05) is 20.8 Å². The zero-order valence-corrected chi connectivity index (χ0v) is 13.1. The van der Waals surface area contributed by atoms with Crippen molar-refractivity contribution in [3.8, 4) is 0 Å². The van der Waals surface area contributed by atoms with Gasteiger partial charge in [-0.15, -0.1) is 0 Å². The van der Waals surface area contributed by atoms with Crippen LogP contribution >= 0.6 is 15.9 Å². The van der Waals surface area contributed by atoms with E-state index in [1.807, 2.05) is 11.5 Å². The third-order valence-electron chi connectivity index (χ3n) is 2.79. The van der Waals surface area contributed by atoms with Gasteiger partial charge in [0.1, 0.15) is 5.65 Å². The van der Waals surface area contributed by atoms with Crippen molar-refractivity contribution < 1.29 is 4.79 Å². The molecule has 20 heavy (non-hydrogen) atoms. The maximum Gasteiger partial charge on any atom is 0.302 e. The number of hydrogen-bond donors (Lipinski definition) is 2. The fraction of sp³-hybridized carbons (Fsp3) is 0.500. The molecule has 0 aliphatic carbocycles. The first kappa shape index (κ1) is 14.7. The van der Waals surface area contributed by atoms with E-state index in [9.17, 15) is 9.59 Å². The zero-order valence-electron chi connectivity index (χ0n) is 11.5. The number of H-pyrrole nitrogens is 1. The maximum atomic E-state index is 11.9. The monoisotopic (exact) mass is 341 g/mol. The Bertz CT molecular complexity index is 704. The number of anilines is 1. The summed E-state index contributed by atoms with van der Waals surface area (Å²) in [5.74, 6) is -0.248. The Morgan fingerprint density at radius 2 is 2.15 bits per heavy atom. The third-order valence-corrected chi connectivity index (χ3v) is 3.39. The van der Waals surface area contributed by atoms with Gasteiger partial charge < -0.3 is 9.55 Å². The van der Waals surface area contributed by atoms with E-state index < -0.39 is 5.56 Å². The number of aryl methyl sites for hydroxylation is 1. The molecule has 1 amide bonds. The van der Waals surface area contributed by atoms with Crippen LogP contribution in [-0.2, 0) is 11.3 Å². The summed E-state index contributed by atoms with van der Waals surface area (Å²) in [5.41, 5.74) is 0.346. The molecule has 0 saturated heterocycles. The first-order valence-corrected chi connectivity index (χ1v) is 7.20. The van der Waals surface area contributed by atoms with Crippen LogP contribution < -0.4 is 10.9 Å². The predicted molar refractivity (Wildman–Crippen MR) is 79.6 cm³/mol. The van der Waals surface area contributed by atoms with Gasteiger partial charge in [-0.05, 0) is 22.4 Å². The molecular weight excluding hydrogens is 326 g/mol. The summed E-state index contributed by atoms with van der Waals surface area (Å²) in [6.07, 6.45) is 0.891. The quantitative estimate of drug-likeness (QED) is 0.830. The summed E-state index contributed by atoms with van der Waals surface area (Å²) in [4.78, 5) is 34.5. The number of nitrogens with one attached hydrogen (secondary N) is 2. The molecule has 0 atom stereocenters. The Hall–Kier alpha value is -1.70. The average Bonchev–Trinajstić information content (AvgIpc) is 2.68. The predicted octanol–water partition coefficient (Wildman–Crippen LogP) is 1.89. The van der Waals surface area contributed by atoms with Gasteiger partial charge in [0, 0.05) is 12.5 Å². The second kappa shape index (κ2) is 5.74. The lowest BCUT2D eigenvalue weighted by Crippen LogP contribution is -2.22. The number of imidazole rings is 1. The van der Waals surface area contributed by atoms with Gasteiger partial charge in [-0.25, -0.2) is 4.98 Å². The Morgan fingerprint density at radius 3 is 2.75 bits per heavy atom. The Balaban J connectivity index is 2.52. The van der Waals surface area contributed by atoms with E-state index >= 15 is 0 Å². The number of fused-ring (bicyclic) bond motifs is 1. The van der Waals surface area contributed by atoms with Crippen molar-refractivity contribution in [3.05, 3.63) is 15.1 Å². The number of rotatable bonds is 4. The Labute approximate surface area is 123 Å². The largest absolute Gasteiger partial charge is 0.310 e. The second-order valence-corrected chi connectivity index (χ2v) is 5.47. The minimum Gasteiger partial charge on any atom is -0.310 e. The fourth-order valence-electron chi connectivity index (χ4n) is 1.74. The van der Waals surface area contributed by atoms with Crippen molar-refractivity contribution >= 4 is 38.9 Å². The lowest BCUT2D eigenvalue weighted by Gasteiger charge is -2.08. The number of aromatic nitrogens is 4. The first-order valence-electron chi connectivity index (χ1n) is 6.41. The molecule has 2 rings (SSSR count). The van der Waals surface area contributed by atoms with Gasteiger partial charge in [0.2, 0.25) is 11.9 Å². The van der Waals surface area contributed by atoms with Crippen LogP contribution in [0.15, 0.2) is 9.53 Å². The topological polar surface area (TPSA) is 92.7 Å². The van der Waals surface area contributed by atoms with Crippen molar-refractivity contribution in [1.29, 1.82) is 0 Å². The molecule has 0 unspecified atom stereocenters. The summed E-state index contributed by atoms with van der Waals surface area (Å²) >= 11 is 3.32. The molecule has 0 fully saturated rings. The number of carbonyl (C=O) groups is 1. The number of amides is 1. The third kappa shape index (κ3) is 2.74. The minimum atomic E-state index is -0.464. The lowest BCUT2D eigenvalue weighted by atomic mass is 10.2. The van der Waals surface area contributed by atoms with E-state index in [4.69, 9.17) is 0 Å². The van der Waals surface area contributed by atoms with Gasteiger partial charge in [0.25, 0.3) is 0 Å². The van der Waals surface area contributed by atoms with Gasteiger partial charge in [0.05, 0.1) is 0 Å². The molecule has 0 aromatic carbocycles. The van der Waals surface area contributed by atoms with Crippen LogP contribution in [0.2, 0.25) is 0 Å². The van der Waals surface area contributed by atoms with Crippen molar-refractivity contribution in [2.45, 2.75) is 33.7 Å². The highest BCUT2D eigenvalue weighted by molar-refractivity contribution is 9.10. The minimum absolute atomic E-state index is 0.144. The van der Waals surface area contributed by atoms with E-state index in [-0.39, 0.29) is 23.3 Å². The van der Waals surface area contributed by atoms with Crippen LogP contribution in [0.4, 0.5) is 5.95 Å². The van der Waals surface area contributed by atoms with Crippen LogP contribution in [-0.4, -0.2) is 25.4 Å². The smallest absolute Gasteiger partial charge is 0.302 e. The Morgan fingerprint density at radius 1 is 1.45 bits per heavy atom. The molecule has 0 spiro atoms. The molecule has 0 saturated carbocycles. The van der Waals surface area contributed by atoms with E-state index in [1.54, 1.807) is 13.8 Å². The second-order valence-electron chi connectivity index (χ2n) is 4.76. The van der Waals surface area contributed by atoms with Crippen molar-refractivity contribution in [3.63, 3.8) is 0 Å². The molecule has 2 heterocycles. The van der Waals surface area contributed by atoms with Gasteiger partial charge >= 0.3 is 5.56 Å². The molecule has 0 aliphatic heterocycles. The van der Waals surface area contributed by atoms with Crippen LogP contribution in [0.3, 0.4) is 0 Å². The number of halogens is 1. The molecule has 2 aromatic rings. The van der Waals surface area contributed by atoms with E-state index in [0.29, 0.717) is 16.9 Å². The number of hydrogen-bond acceptors (Lipinski definition) is 4. The maximum absolute atomic E-state index is 11.9. The average molecular weight is 342 g/mol. The lowest BCUT2D eigenvalue weighted by molar-refractivity contribution is -0.118. The normalized spacial score (nSPS) is 11.2. The molecule has 108 valence electrons. The SMILES string of the molecule is CCCn1c(Br)nc2c(=O)nc(NC(=O)C(C)C)[nH]c21. The van der Waals surface area contributed by atoms with E-state index in [1.165, 1.54) is 0 Å². The fourth-order valence-corrected chi connectivity index (χ4v) is 2.28. The van der Waals surface area contributed by atoms with Crippen molar-refractivity contribution in [1.82, 2.24) is 19.5 Å². The highest BCUT2D eigenvalue weighted by atomic mass is 79.9. The summed E-state index contributed by atoms with van der Waals surface area (Å²) in [5, 5.41) is 2.59. The molecule has 2 aromatic heterocycles. The van der Waals surface area contributed by atoms with Gasteiger partial charge in [-0.2, -0.15) is 4.98 Å². The summed E-state index contributed by atoms with van der Waals surface area (Å²) < 4.78 is 2.40. The number of nitrogens with zero attached hydrogens (tertiary/aromatic N) is 3. The van der Waals surface area contributed by atoms with Crippen LogP contribution in [0.25, 0.3) is 11.2 Å². The molecule has 8 heteroatoms. The molecular formula is C12H16BrN5O2. The van der Waals surface area contributed by atoms with E-state index in [0.717, 1.165) is 6.42 Å². The van der Waals surface area contributed by atoms with Gasteiger partial charge in [0.15, 0.2) is 10.3 Å². The highest BCUT2D eigenvalue weighted by Crippen LogP contribution is 2.17. The molecule has 0 bridgehead atoms. The molecule has 7 nitrogen and oxygen atoms in total. The first-order chi connectivity index (χ1) is 9.43. The zero-order chi connectivity index (χ0) is 14.9. The van der Waals surface area contributed by atoms with Gasteiger partial charge in [-0.3, -0.25) is 14.9 Å². The standard InChI is InChI=1S/C12H16BrN5O2/c1-4-5-18-8-7(14-11(18)13)10(20)17-12(15-8)16-9(19)6(2)3/h6H,4-5H2,1-3H3,(H2,15,16,17,19,20). The summed E-state index contributed by atoms with van der Waals surface area (Å²) in [6, 6.07) is 0. The molecule has 0 aliphatic rings. The molecule has 0 radical (unpaired) electrons. The Kier molecular flexibility index (Phi) is 4.22. The highest BCUT2D eigenvalue weighted by Gasteiger charge is 2.15. The van der Waals surface area contributed by atoms with Crippen LogP contribution in [0, 0.1) is 5.92 Å². The number of carbonyl (C=O) groups excluding carboxylic acids is 1. The summed E-state index contributed by atoms with van der Waals surface area (Å²) in [6.45, 7) is 6.27. The molecule has 2 N–H and O–H groups in total. The summed E-state index contributed by atoms with van der Waals surface area (Å²) in [7, 11) is 0. The number of aromatic amines is 1. The van der Waals surface area contributed by atoms with Crippen molar-refractivity contribution in [2.24, 2.45) is 5.92 Å². The van der Waals surface area contributed by atoms with Crippen LogP contribution in [0.5, 0.6) is 0 Å². The van der Waals surface area contributed by atoms with E-state index in [2.05, 4.69) is 36.2 Å². The van der Waals surface area contributed by atoms with Crippen molar-refractivity contribution in [2.75, 3.05) is 5.32 Å². The van der Waals surface area contributed by atoms with Crippen LogP contribution in [0.1, 0.15) is 27.2 Å².